The molecule has 0 aromatic rings. The van der Waals surface area contributed by atoms with Crippen LogP contribution in [0.2, 0.25) is 31.7 Å². The molecule has 0 fully saturated rings. The Kier molecular flexibility index (Phi) is 6.54. The maximum atomic E-state index is 6.74. The molecule has 0 heterocycles. The van der Waals surface area contributed by atoms with Gasteiger partial charge in [0, 0.05) is 7.11 Å². The van der Waals surface area contributed by atoms with Crippen molar-refractivity contribution in [3.8, 4) is 0 Å². The van der Waals surface area contributed by atoms with Gasteiger partial charge in [0.05, 0.1) is 5.22 Å². The minimum Gasteiger partial charge on any atom is -0.418 e. The summed E-state index contributed by atoms with van der Waals surface area (Å²) in [6.07, 6.45) is 4.08. The molecule has 1 unspecified atom stereocenters. The van der Waals surface area contributed by atoms with Crippen LogP contribution in [0.5, 0.6) is 0 Å². The SMILES string of the molecule is C=CC(C)[Si](C)(C)OC(CC)(CC)[Si](C)(C)OC. The molecule has 0 spiro atoms. The van der Waals surface area contributed by atoms with E-state index in [4.69, 9.17) is 8.85 Å². The highest BCUT2D eigenvalue weighted by molar-refractivity contribution is 6.78. The molecule has 0 amide bonds. The molecule has 0 rings (SSSR count). The van der Waals surface area contributed by atoms with Crippen LogP contribution in [0, 0.1) is 0 Å². The lowest BCUT2D eigenvalue weighted by Crippen LogP contribution is -2.61. The van der Waals surface area contributed by atoms with Gasteiger partial charge in [0.2, 0.25) is 8.32 Å². The first-order valence-electron chi connectivity index (χ1n) is 7.00. The molecule has 0 saturated heterocycles. The largest absolute Gasteiger partial charge is 0.418 e. The zero-order valence-electron chi connectivity index (χ0n) is 13.6. The van der Waals surface area contributed by atoms with Crippen molar-refractivity contribution in [2.45, 2.75) is 70.6 Å². The zero-order chi connectivity index (χ0) is 14.6. The number of allylic oxidation sites excluding steroid dienone is 1. The van der Waals surface area contributed by atoms with E-state index in [2.05, 4.69) is 53.5 Å². The van der Waals surface area contributed by atoms with E-state index in [0.29, 0.717) is 5.54 Å². The van der Waals surface area contributed by atoms with Gasteiger partial charge >= 0.3 is 0 Å². The van der Waals surface area contributed by atoms with E-state index in [-0.39, 0.29) is 5.22 Å². The van der Waals surface area contributed by atoms with Crippen LogP contribution in [0.15, 0.2) is 12.7 Å². The second-order valence-electron chi connectivity index (χ2n) is 6.15. The molecule has 0 aromatic carbocycles. The van der Waals surface area contributed by atoms with E-state index < -0.39 is 16.6 Å². The summed E-state index contributed by atoms with van der Waals surface area (Å²) in [5.74, 6) is 0. The predicted molar refractivity (Wildman–Crippen MR) is 86.0 cm³/mol. The molecule has 2 nitrogen and oxygen atoms in total. The van der Waals surface area contributed by atoms with Crippen molar-refractivity contribution in [3.05, 3.63) is 12.7 Å². The van der Waals surface area contributed by atoms with Crippen LogP contribution in [0.1, 0.15) is 33.6 Å². The van der Waals surface area contributed by atoms with Crippen LogP contribution in [0.4, 0.5) is 0 Å². The summed E-state index contributed by atoms with van der Waals surface area (Å²) in [5.41, 5.74) is 0.455. The van der Waals surface area contributed by atoms with Gasteiger partial charge < -0.3 is 8.85 Å². The fraction of sp³-hybridized carbons (Fsp3) is 0.857. The highest BCUT2D eigenvalue weighted by Crippen LogP contribution is 2.38. The molecule has 4 heteroatoms. The van der Waals surface area contributed by atoms with Crippen molar-refractivity contribution in [1.29, 1.82) is 0 Å². The standard InChI is InChI=1S/C14H32O2Si2/c1-10-13(4)17(6,7)16-14(11-2,12-3)18(8,9)15-5/h10,13H,1,11-12H2,2-9H3. The average molecular weight is 289 g/mol. The Labute approximate surface area is 116 Å². The van der Waals surface area contributed by atoms with Crippen LogP contribution in [-0.2, 0) is 8.85 Å². The first-order chi connectivity index (χ1) is 8.12. The lowest BCUT2D eigenvalue weighted by molar-refractivity contribution is 0.0987. The Morgan fingerprint density at radius 1 is 1.17 bits per heavy atom. The second kappa shape index (κ2) is 6.50. The third-order valence-electron chi connectivity index (χ3n) is 4.66. The quantitative estimate of drug-likeness (QED) is 0.475. The summed E-state index contributed by atoms with van der Waals surface area (Å²) >= 11 is 0. The van der Waals surface area contributed by atoms with Crippen LogP contribution >= 0.6 is 0 Å². The third kappa shape index (κ3) is 3.56. The summed E-state index contributed by atoms with van der Waals surface area (Å²) in [5, 5.41) is -0.0747. The van der Waals surface area contributed by atoms with Crippen LogP contribution in [-0.4, -0.2) is 29.0 Å². The molecule has 18 heavy (non-hydrogen) atoms. The van der Waals surface area contributed by atoms with E-state index in [1.165, 1.54) is 0 Å². The summed E-state index contributed by atoms with van der Waals surface area (Å²) in [7, 11) is -1.79. The van der Waals surface area contributed by atoms with Gasteiger partial charge in [-0.1, -0.05) is 26.8 Å². The maximum Gasteiger partial charge on any atom is 0.216 e. The van der Waals surface area contributed by atoms with Crippen LogP contribution in [0.25, 0.3) is 0 Å². The zero-order valence-corrected chi connectivity index (χ0v) is 15.6. The smallest absolute Gasteiger partial charge is 0.216 e. The van der Waals surface area contributed by atoms with E-state index in [1.54, 1.807) is 0 Å². The average Bonchev–Trinajstić information content (AvgIpc) is 2.34. The molecular weight excluding hydrogens is 256 g/mol. The van der Waals surface area contributed by atoms with E-state index in [1.807, 2.05) is 13.2 Å². The molecular formula is C14H32O2Si2. The van der Waals surface area contributed by atoms with Gasteiger partial charge in [-0.3, -0.25) is 0 Å². The van der Waals surface area contributed by atoms with Crippen molar-refractivity contribution in [1.82, 2.24) is 0 Å². The second-order valence-corrected chi connectivity index (χ2v) is 14.8. The van der Waals surface area contributed by atoms with Crippen molar-refractivity contribution in [3.63, 3.8) is 0 Å². The molecule has 0 radical (unpaired) electrons. The number of rotatable bonds is 8. The first-order valence-corrected chi connectivity index (χ1v) is 12.9. The summed E-state index contributed by atoms with van der Waals surface area (Å²) < 4.78 is 12.6. The maximum absolute atomic E-state index is 6.74. The third-order valence-corrected chi connectivity index (χ3v) is 12.2. The monoisotopic (exact) mass is 288 g/mol. The Morgan fingerprint density at radius 3 is 1.89 bits per heavy atom. The fourth-order valence-electron chi connectivity index (χ4n) is 2.43. The van der Waals surface area contributed by atoms with Crippen LogP contribution in [0.3, 0.4) is 0 Å². The Balaban J connectivity index is 5.33. The van der Waals surface area contributed by atoms with Crippen LogP contribution < -0.4 is 0 Å². The van der Waals surface area contributed by atoms with E-state index in [9.17, 15) is 0 Å². The highest BCUT2D eigenvalue weighted by atomic mass is 28.4. The summed E-state index contributed by atoms with van der Waals surface area (Å²) in [6, 6.07) is 0. The minimum absolute atomic E-state index is 0.0747. The van der Waals surface area contributed by atoms with Gasteiger partial charge in [-0.2, -0.15) is 0 Å². The Bertz CT molecular complexity index is 271. The van der Waals surface area contributed by atoms with Gasteiger partial charge in [-0.15, -0.1) is 6.58 Å². The molecule has 1 atom stereocenters. The lowest BCUT2D eigenvalue weighted by atomic mass is 10.2. The number of hydrogen-bond donors (Lipinski definition) is 0. The van der Waals surface area contributed by atoms with E-state index in [0.717, 1.165) is 12.8 Å². The molecule has 0 N–H and O–H groups in total. The molecule has 0 aromatic heterocycles. The molecule has 0 aliphatic carbocycles. The summed E-state index contributed by atoms with van der Waals surface area (Å²) in [6.45, 7) is 19.7. The van der Waals surface area contributed by atoms with Crippen molar-refractivity contribution in [2.75, 3.05) is 7.11 Å². The van der Waals surface area contributed by atoms with Gasteiger partial charge in [-0.25, -0.2) is 0 Å². The molecule has 0 saturated carbocycles. The topological polar surface area (TPSA) is 18.5 Å². The lowest BCUT2D eigenvalue weighted by Gasteiger charge is -2.48. The van der Waals surface area contributed by atoms with Gasteiger partial charge in [0.15, 0.2) is 8.32 Å². The molecule has 0 aliphatic rings. The predicted octanol–water partition coefficient (Wildman–Crippen LogP) is 4.73. The molecule has 0 bridgehead atoms. The fourth-order valence-corrected chi connectivity index (χ4v) is 8.33. The highest BCUT2D eigenvalue weighted by Gasteiger charge is 2.50. The Hall–Kier alpha value is 0.0938. The van der Waals surface area contributed by atoms with Crippen molar-refractivity contribution in [2.24, 2.45) is 0 Å². The Morgan fingerprint density at radius 2 is 1.61 bits per heavy atom. The molecule has 0 aliphatic heterocycles. The van der Waals surface area contributed by atoms with E-state index >= 15 is 0 Å². The minimum atomic E-state index is -1.85. The first kappa shape index (κ1) is 18.1. The van der Waals surface area contributed by atoms with Gasteiger partial charge in [0.1, 0.15) is 0 Å². The van der Waals surface area contributed by atoms with Gasteiger partial charge in [0.25, 0.3) is 0 Å². The number of hydrogen-bond acceptors (Lipinski definition) is 2. The van der Waals surface area contributed by atoms with Gasteiger partial charge in [-0.05, 0) is 44.6 Å². The van der Waals surface area contributed by atoms with Crippen molar-refractivity contribution < 1.29 is 8.85 Å². The normalized spacial score (nSPS) is 15.6. The molecule has 108 valence electrons. The summed E-state index contributed by atoms with van der Waals surface area (Å²) in [4.78, 5) is 0. The van der Waals surface area contributed by atoms with Crippen molar-refractivity contribution >= 4 is 16.6 Å².